The predicted molar refractivity (Wildman–Crippen MR) is 75.5 cm³/mol. The van der Waals surface area contributed by atoms with Gasteiger partial charge < -0.3 is 14.0 Å². The van der Waals surface area contributed by atoms with Crippen molar-refractivity contribution < 1.29 is 13.7 Å². The van der Waals surface area contributed by atoms with Crippen molar-refractivity contribution >= 4 is 10.8 Å². The summed E-state index contributed by atoms with van der Waals surface area (Å²) in [5, 5.41) is 8.09. The molecule has 0 radical (unpaired) electrons. The predicted octanol–water partition coefficient (Wildman–Crippen LogP) is 1.49. The van der Waals surface area contributed by atoms with Crippen LogP contribution in [0.3, 0.4) is 0 Å². The van der Waals surface area contributed by atoms with E-state index in [-0.39, 0.29) is 0 Å². The lowest BCUT2D eigenvalue weighted by Crippen LogP contribution is -2.07. The molecule has 0 saturated heterocycles. The zero-order valence-electron chi connectivity index (χ0n) is 11.5. The Morgan fingerprint density at radius 3 is 2.60 bits per heavy atom. The molecule has 2 aromatic rings. The van der Waals surface area contributed by atoms with Crippen LogP contribution in [0.1, 0.15) is 6.42 Å². The summed E-state index contributed by atoms with van der Waals surface area (Å²) in [5.74, 6) is 1.60. The van der Waals surface area contributed by atoms with Gasteiger partial charge >= 0.3 is 0 Å². The molecule has 20 heavy (non-hydrogen) atoms. The van der Waals surface area contributed by atoms with Gasteiger partial charge in [0.05, 0.1) is 24.5 Å². The van der Waals surface area contributed by atoms with Gasteiger partial charge in [-0.1, -0.05) is 0 Å². The van der Waals surface area contributed by atoms with Crippen LogP contribution < -0.4 is 9.47 Å². The van der Waals surface area contributed by atoms with Gasteiger partial charge in [-0.05, 0) is 30.7 Å². The molecule has 1 atom stereocenters. The SMILES string of the molecule is COc1ccc(OCCCn2cnnc2S(C)=O)cc1. The van der Waals surface area contributed by atoms with Crippen LogP contribution >= 0.6 is 0 Å². The van der Waals surface area contributed by atoms with Crippen LogP contribution in [0, 0.1) is 0 Å². The monoisotopic (exact) mass is 295 g/mol. The van der Waals surface area contributed by atoms with Crippen molar-refractivity contribution in [1.82, 2.24) is 14.8 Å². The first kappa shape index (κ1) is 14.5. The van der Waals surface area contributed by atoms with E-state index in [0.717, 1.165) is 17.9 Å². The Bertz CT molecular complexity index is 568. The Hall–Kier alpha value is -1.89. The Morgan fingerprint density at radius 1 is 1.25 bits per heavy atom. The van der Waals surface area contributed by atoms with Crippen molar-refractivity contribution in [2.75, 3.05) is 20.0 Å². The smallest absolute Gasteiger partial charge is 0.221 e. The van der Waals surface area contributed by atoms with E-state index < -0.39 is 10.8 Å². The van der Waals surface area contributed by atoms with Crippen LogP contribution in [0.4, 0.5) is 0 Å². The molecule has 0 amide bonds. The molecule has 1 unspecified atom stereocenters. The van der Waals surface area contributed by atoms with Crippen LogP contribution in [0.2, 0.25) is 0 Å². The lowest BCUT2D eigenvalue weighted by Gasteiger charge is -2.08. The van der Waals surface area contributed by atoms with E-state index in [2.05, 4.69) is 10.2 Å². The van der Waals surface area contributed by atoms with Gasteiger partial charge in [0.15, 0.2) is 0 Å². The standard InChI is InChI=1S/C13H17N3O3S/c1-18-11-4-6-12(7-5-11)19-9-3-8-16-10-14-15-13(16)20(2)17/h4-7,10H,3,8-9H2,1-2H3. The molecule has 6 nitrogen and oxygen atoms in total. The largest absolute Gasteiger partial charge is 0.497 e. The van der Waals surface area contributed by atoms with Crippen molar-refractivity contribution in [2.24, 2.45) is 0 Å². The van der Waals surface area contributed by atoms with Gasteiger partial charge in [0.1, 0.15) is 17.8 Å². The first-order valence-electron chi connectivity index (χ1n) is 6.19. The summed E-state index contributed by atoms with van der Waals surface area (Å²) >= 11 is 0. The molecule has 0 fully saturated rings. The molecule has 1 heterocycles. The van der Waals surface area contributed by atoms with Crippen LogP contribution in [0.25, 0.3) is 0 Å². The quantitative estimate of drug-likeness (QED) is 0.724. The Kier molecular flexibility index (Phi) is 5.11. The zero-order chi connectivity index (χ0) is 14.4. The summed E-state index contributed by atoms with van der Waals surface area (Å²) in [7, 11) is 0.509. The van der Waals surface area contributed by atoms with E-state index in [9.17, 15) is 4.21 Å². The van der Waals surface area contributed by atoms with Crippen molar-refractivity contribution in [2.45, 2.75) is 18.1 Å². The minimum absolute atomic E-state index is 0.495. The van der Waals surface area contributed by atoms with Crippen LogP contribution in [0.15, 0.2) is 35.7 Å². The summed E-state index contributed by atoms with van der Waals surface area (Å²) in [6.45, 7) is 1.25. The Balaban J connectivity index is 1.78. The molecule has 0 spiro atoms. The summed E-state index contributed by atoms with van der Waals surface area (Å²) in [6, 6.07) is 7.44. The highest BCUT2D eigenvalue weighted by Crippen LogP contribution is 2.17. The summed E-state index contributed by atoms with van der Waals surface area (Å²) in [6.07, 6.45) is 3.97. The fourth-order valence-corrected chi connectivity index (χ4v) is 2.35. The van der Waals surface area contributed by atoms with Gasteiger partial charge in [-0.3, -0.25) is 4.21 Å². The van der Waals surface area contributed by atoms with Gasteiger partial charge in [0.2, 0.25) is 5.16 Å². The summed E-state index contributed by atoms with van der Waals surface area (Å²) in [5.41, 5.74) is 0. The minimum atomic E-state index is -1.12. The second-order valence-electron chi connectivity index (χ2n) is 4.14. The number of nitrogens with zero attached hydrogens (tertiary/aromatic N) is 3. The van der Waals surface area contributed by atoms with Gasteiger partial charge in [-0.2, -0.15) is 0 Å². The fraction of sp³-hybridized carbons (Fsp3) is 0.385. The van der Waals surface area contributed by atoms with Crippen molar-refractivity contribution in [3.63, 3.8) is 0 Å². The molecular formula is C13H17N3O3S. The van der Waals surface area contributed by atoms with Gasteiger partial charge in [-0.15, -0.1) is 10.2 Å². The number of methoxy groups -OCH3 is 1. The number of hydrogen-bond acceptors (Lipinski definition) is 5. The highest BCUT2D eigenvalue weighted by Gasteiger charge is 2.07. The average Bonchev–Trinajstić information content (AvgIpc) is 2.93. The number of ether oxygens (including phenoxy) is 2. The van der Waals surface area contributed by atoms with Crippen molar-refractivity contribution in [3.8, 4) is 11.5 Å². The molecule has 1 aromatic carbocycles. The molecule has 0 bridgehead atoms. The second kappa shape index (κ2) is 7.04. The maximum Gasteiger partial charge on any atom is 0.221 e. The zero-order valence-corrected chi connectivity index (χ0v) is 12.3. The van der Waals surface area contributed by atoms with Gasteiger partial charge in [-0.25, -0.2) is 0 Å². The summed E-state index contributed by atoms with van der Waals surface area (Å²) in [4.78, 5) is 0. The number of benzene rings is 1. The maximum absolute atomic E-state index is 11.4. The minimum Gasteiger partial charge on any atom is -0.497 e. The van der Waals surface area contributed by atoms with Crippen molar-refractivity contribution in [3.05, 3.63) is 30.6 Å². The van der Waals surface area contributed by atoms with E-state index in [0.29, 0.717) is 18.3 Å². The van der Waals surface area contributed by atoms with Gasteiger partial charge in [0, 0.05) is 12.8 Å². The first-order chi connectivity index (χ1) is 9.70. The summed E-state index contributed by atoms with van der Waals surface area (Å²) < 4.78 is 23.9. The average molecular weight is 295 g/mol. The first-order valence-corrected chi connectivity index (χ1v) is 7.74. The molecule has 0 N–H and O–H groups in total. The lowest BCUT2D eigenvalue weighted by molar-refractivity contribution is 0.299. The molecule has 7 heteroatoms. The van der Waals surface area contributed by atoms with E-state index in [4.69, 9.17) is 9.47 Å². The van der Waals surface area contributed by atoms with E-state index in [1.165, 1.54) is 0 Å². The number of rotatable bonds is 7. The van der Waals surface area contributed by atoms with Crippen LogP contribution in [-0.2, 0) is 17.3 Å². The molecule has 108 valence electrons. The topological polar surface area (TPSA) is 66.2 Å². The van der Waals surface area contributed by atoms with Gasteiger partial charge in [0.25, 0.3) is 0 Å². The number of aromatic nitrogens is 3. The number of aryl methyl sites for hydroxylation is 1. The van der Waals surface area contributed by atoms with Crippen LogP contribution in [0.5, 0.6) is 11.5 Å². The maximum atomic E-state index is 11.4. The molecule has 0 aliphatic rings. The fourth-order valence-electron chi connectivity index (χ4n) is 1.72. The Labute approximate surface area is 120 Å². The molecule has 1 aromatic heterocycles. The molecule has 0 saturated carbocycles. The number of hydrogen-bond donors (Lipinski definition) is 0. The normalized spacial score (nSPS) is 12.1. The lowest BCUT2D eigenvalue weighted by atomic mass is 10.3. The van der Waals surface area contributed by atoms with Crippen molar-refractivity contribution in [1.29, 1.82) is 0 Å². The molecular weight excluding hydrogens is 278 g/mol. The third-order valence-electron chi connectivity index (χ3n) is 2.71. The van der Waals surface area contributed by atoms with E-state index >= 15 is 0 Å². The highest BCUT2D eigenvalue weighted by atomic mass is 32.2. The molecule has 0 aliphatic carbocycles. The molecule has 2 rings (SSSR count). The van der Waals surface area contributed by atoms with E-state index in [1.807, 2.05) is 24.3 Å². The van der Waals surface area contributed by atoms with Crippen LogP contribution in [-0.4, -0.2) is 38.9 Å². The Morgan fingerprint density at radius 2 is 1.95 bits per heavy atom. The second-order valence-corrected chi connectivity index (χ2v) is 5.41. The third kappa shape index (κ3) is 3.80. The highest BCUT2D eigenvalue weighted by molar-refractivity contribution is 7.84. The van der Waals surface area contributed by atoms with E-state index in [1.54, 1.807) is 24.3 Å². The third-order valence-corrected chi connectivity index (χ3v) is 3.54. The molecule has 0 aliphatic heterocycles.